The minimum absolute atomic E-state index is 0.408. The lowest BCUT2D eigenvalue weighted by molar-refractivity contribution is -0.131. The van der Waals surface area contributed by atoms with Gasteiger partial charge in [0.15, 0.2) is 0 Å². The Morgan fingerprint density at radius 1 is 1.24 bits per heavy atom. The zero-order chi connectivity index (χ0) is 15.7. The highest BCUT2D eigenvalue weighted by Crippen LogP contribution is 2.08. The number of hydrogen-bond acceptors (Lipinski definition) is 4. The van der Waals surface area contributed by atoms with Crippen molar-refractivity contribution in [3.05, 3.63) is 29.8 Å². The zero-order valence-corrected chi connectivity index (χ0v) is 12.1. The van der Waals surface area contributed by atoms with Gasteiger partial charge in [-0.3, -0.25) is 10.0 Å². The lowest BCUT2D eigenvalue weighted by atomic mass is 10.1. The van der Waals surface area contributed by atoms with Crippen LogP contribution in [0.1, 0.15) is 24.8 Å². The Hall–Kier alpha value is -2.12. The standard InChI is InChI=1S/C14H22N4O3/c1-10-5-7-11(8-6-10)16-14(20)17-12(13(19)18-21)4-2-3-9-15/h5-8,12,21H,2-4,9,15H2,1H3,(H,18,19)(H2,16,17,20)/t12-/m1/s1. The minimum atomic E-state index is -0.799. The van der Waals surface area contributed by atoms with Gasteiger partial charge in [0, 0.05) is 5.69 Å². The molecule has 1 rings (SSSR count). The SMILES string of the molecule is Cc1ccc(NC(=O)N[C@H](CCCCN)C(=O)NO)cc1. The average Bonchev–Trinajstić information content (AvgIpc) is 2.48. The summed E-state index contributed by atoms with van der Waals surface area (Å²) in [5.41, 5.74) is 8.66. The van der Waals surface area contributed by atoms with Crippen LogP contribution in [0.3, 0.4) is 0 Å². The molecule has 7 nitrogen and oxygen atoms in total. The molecule has 1 atom stereocenters. The number of hydroxylamine groups is 1. The predicted octanol–water partition coefficient (Wildman–Crippen LogP) is 1.12. The highest BCUT2D eigenvalue weighted by molar-refractivity contribution is 5.93. The smallest absolute Gasteiger partial charge is 0.319 e. The Bertz CT molecular complexity index is 462. The van der Waals surface area contributed by atoms with Crippen molar-refractivity contribution >= 4 is 17.6 Å². The number of unbranched alkanes of at least 4 members (excludes halogenated alkanes) is 1. The van der Waals surface area contributed by atoms with Crippen molar-refractivity contribution in [2.75, 3.05) is 11.9 Å². The lowest BCUT2D eigenvalue weighted by Gasteiger charge is -2.17. The van der Waals surface area contributed by atoms with Crippen LogP contribution in [0.4, 0.5) is 10.5 Å². The fraction of sp³-hybridized carbons (Fsp3) is 0.429. The number of urea groups is 1. The summed E-state index contributed by atoms with van der Waals surface area (Å²) in [6.45, 7) is 2.46. The van der Waals surface area contributed by atoms with Gasteiger partial charge in [0.05, 0.1) is 0 Å². The van der Waals surface area contributed by atoms with Gasteiger partial charge in [-0.25, -0.2) is 10.3 Å². The van der Waals surface area contributed by atoms with E-state index < -0.39 is 18.0 Å². The molecule has 0 spiro atoms. The molecule has 0 unspecified atom stereocenters. The van der Waals surface area contributed by atoms with E-state index in [1.54, 1.807) is 17.6 Å². The topological polar surface area (TPSA) is 116 Å². The molecule has 0 aromatic heterocycles. The Morgan fingerprint density at radius 3 is 2.48 bits per heavy atom. The minimum Gasteiger partial charge on any atom is -0.330 e. The van der Waals surface area contributed by atoms with Crippen LogP contribution in [0.2, 0.25) is 0 Å². The summed E-state index contributed by atoms with van der Waals surface area (Å²) in [5.74, 6) is -0.647. The molecule has 0 fully saturated rings. The third-order valence-electron chi connectivity index (χ3n) is 2.99. The van der Waals surface area contributed by atoms with Crippen LogP contribution >= 0.6 is 0 Å². The largest absolute Gasteiger partial charge is 0.330 e. The van der Waals surface area contributed by atoms with Crippen LogP contribution in [-0.2, 0) is 4.79 Å². The molecule has 21 heavy (non-hydrogen) atoms. The highest BCUT2D eigenvalue weighted by atomic mass is 16.5. The number of benzene rings is 1. The fourth-order valence-corrected chi connectivity index (χ4v) is 1.80. The van der Waals surface area contributed by atoms with Crippen LogP contribution in [-0.4, -0.2) is 29.7 Å². The molecule has 0 aliphatic heterocycles. The first kappa shape index (κ1) is 16.9. The lowest BCUT2D eigenvalue weighted by Crippen LogP contribution is -2.47. The molecule has 0 saturated carbocycles. The molecule has 1 aromatic rings. The monoisotopic (exact) mass is 294 g/mol. The molecule has 116 valence electrons. The Balaban J connectivity index is 2.54. The fourth-order valence-electron chi connectivity index (χ4n) is 1.80. The number of hydrogen-bond donors (Lipinski definition) is 5. The van der Waals surface area contributed by atoms with E-state index in [2.05, 4.69) is 10.6 Å². The quantitative estimate of drug-likeness (QED) is 0.294. The van der Waals surface area contributed by atoms with E-state index in [0.717, 1.165) is 12.0 Å². The van der Waals surface area contributed by atoms with Gasteiger partial charge in [-0.2, -0.15) is 0 Å². The maximum Gasteiger partial charge on any atom is 0.319 e. The number of anilines is 1. The van der Waals surface area contributed by atoms with Crippen molar-refractivity contribution in [3.63, 3.8) is 0 Å². The number of rotatable bonds is 7. The summed E-state index contributed by atoms with van der Waals surface area (Å²) in [7, 11) is 0. The third-order valence-corrected chi connectivity index (χ3v) is 2.99. The molecule has 0 aliphatic rings. The number of nitrogens with two attached hydrogens (primary N) is 1. The summed E-state index contributed by atoms with van der Waals surface area (Å²) in [5, 5.41) is 13.9. The average molecular weight is 294 g/mol. The molecule has 0 aliphatic carbocycles. The molecule has 0 heterocycles. The van der Waals surface area contributed by atoms with E-state index in [9.17, 15) is 9.59 Å². The molecule has 6 N–H and O–H groups in total. The Morgan fingerprint density at radius 2 is 1.90 bits per heavy atom. The number of amides is 3. The van der Waals surface area contributed by atoms with Gasteiger partial charge in [0.2, 0.25) is 0 Å². The van der Waals surface area contributed by atoms with E-state index in [-0.39, 0.29) is 0 Å². The molecule has 7 heteroatoms. The van der Waals surface area contributed by atoms with Crippen LogP contribution in [0, 0.1) is 6.92 Å². The van der Waals surface area contributed by atoms with E-state index in [4.69, 9.17) is 10.9 Å². The van der Waals surface area contributed by atoms with E-state index in [1.807, 2.05) is 19.1 Å². The first-order valence-electron chi connectivity index (χ1n) is 6.85. The summed E-state index contributed by atoms with van der Waals surface area (Å²) < 4.78 is 0. The molecule has 0 saturated heterocycles. The molecule has 0 bridgehead atoms. The van der Waals surface area contributed by atoms with Crippen LogP contribution in [0.25, 0.3) is 0 Å². The predicted molar refractivity (Wildman–Crippen MR) is 80.0 cm³/mol. The second-order valence-corrected chi connectivity index (χ2v) is 4.78. The number of aryl methyl sites for hydroxylation is 1. The van der Waals surface area contributed by atoms with Gasteiger partial charge in [-0.05, 0) is 44.9 Å². The van der Waals surface area contributed by atoms with Gasteiger partial charge >= 0.3 is 6.03 Å². The van der Waals surface area contributed by atoms with Crippen LogP contribution < -0.4 is 21.8 Å². The summed E-state index contributed by atoms with van der Waals surface area (Å²) in [4.78, 5) is 23.4. The summed E-state index contributed by atoms with van der Waals surface area (Å²) in [6, 6.07) is 5.98. The highest BCUT2D eigenvalue weighted by Gasteiger charge is 2.19. The molecular formula is C14H22N4O3. The number of carbonyl (C=O) groups is 2. The van der Waals surface area contributed by atoms with E-state index in [1.165, 1.54) is 0 Å². The van der Waals surface area contributed by atoms with Gasteiger partial charge < -0.3 is 16.4 Å². The van der Waals surface area contributed by atoms with Crippen molar-refractivity contribution in [1.82, 2.24) is 10.8 Å². The second-order valence-electron chi connectivity index (χ2n) is 4.78. The van der Waals surface area contributed by atoms with E-state index in [0.29, 0.717) is 25.1 Å². The summed E-state index contributed by atoms with van der Waals surface area (Å²) in [6.07, 6.45) is 1.83. The van der Waals surface area contributed by atoms with E-state index >= 15 is 0 Å². The third kappa shape index (κ3) is 6.24. The van der Waals surface area contributed by atoms with Gasteiger partial charge in [0.25, 0.3) is 5.91 Å². The van der Waals surface area contributed by atoms with Gasteiger partial charge in [0.1, 0.15) is 6.04 Å². The Labute approximate surface area is 123 Å². The molecule has 1 aromatic carbocycles. The van der Waals surface area contributed by atoms with Gasteiger partial charge in [-0.1, -0.05) is 17.7 Å². The maximum absolute atomic E-state index is 11.9. The molecule has 3 amide bonds. The Kier molecular flexibility index (Phi) is 7.20. The number of carbonyl (C=O) groups excluding carboxylic acids is 2. The van der Waals surface area contributed by atoms with Crippen molar-refractivity contribution in [2.45, 2.75) is 32.2 Å². The van der Waals surface area contributed by atoms with Crippen molar-refractivity contribution in [2.24, 2.45) is 5.73 Å². The normalized spacial score (nSPS) is 11.6. The molecular weight excluding hydrogens is 272 g/mol. The van der Waals surface area contributed by atoms with Crippen molar-refractivity contribution in [1.29, 1.82) is 0 Å². The van der Waals surface area contributed by atoms with Crippen molar-refractivity contribution in [3.8, 4) is 0 Å². The first-order chi connectivity index (χ1) is 10.1. The van der Waals surface area contributed by atoms with Crippen molar-refractivity contribution < 1.29 is 14.8 Å². The second kappa shape index (κ2) is 8.93. The molecule has 0 radical (unpaired) electrons. The van der Waals surface area contributed by atoms with Crippen LogP contribution in [0.5, 0.6) is 0 Å². The maximum atomic E-state index is 11.9. The number of nitrogens with one attached hydrogen (secondary N) is 3. The van der Waals surface area contributed by atoms with Gasteiger partial charge in [-0.15, -0.1) is 0 Å². The summed E-state index contributed by atoms with van der Waals surface area (Å²) >= 11 is 0. The van der Waals surface area contributed by atoms with Crippen LogP contribution in [0.15, 0.2) is 24.3 Å². The first-order valence-corrected chi connectivity index (χ1v) is 6.85. The zero-order valence-electron chi connectivity index (χ0n) is 12.1.